The van der Waals surface area contributed by atoms with Crippen molar-refractivity contribution in [2.45, 2.75) is 0 Å². The minimum absolute atomic E-state index is 0.636. The second-order valence-electron chi connectivity index (χ2n) is 4.67. The van der Waals surface area contributed by atoms with Crippen LogP contribution in [0.1, 0.15) is 0 Å². The van der Waals surface area contributed by atoms with E-state index in [0.717, 1.165) is 22.2 Å². The van der Waals surface area contributed by atoms with Gasteiger partial charge in [-0.2, -0.15) is 5.10 Å². The number of H-pyrrole nitrogens is 1. The standard InChI is InChI=1S/C14H11N7/c15-11-3-4-16-14(6-11)21-8-13(19-20-21)9-1-2-12-10(5-9)7-17-18-12/h1-8H,(H2,15,16)(H,17,18). The highest BCUT2D eigenvalue weighted by molar-refractivity contribution is 5.83. The van der Waals surface area contributed by atoms with E-state index in [1.54, 1.807) is 29.2 Å². The number of benzene rings is 1. The first-order valence-corrected chi connectivity index (χ1v) is 6.37. The lowest BCUT2D eigenvalue weighted by atomic mass is 10.1. The Morgan fingerprint density at radius 3 is 3.00 bits per heavy atom. The fourth-order valence-corrected chi connectivity index (χ4v) is 2.17. The van der Waals surface area contributed by atoms with Gasteiger partial charge in [-0.15, -0.1) is 5.10 Å². The molecule has 3 aromatic heterocycles. The van der Waals surface area contributed by atoms with Gasteiger partial charge in [0.15, 0.2) is 5.82 Å². The summed E-state index contributed by atoms with van der Waals surface area (Å²) in [6, 6.07) is 9.43. The number of nitrogen functional groups attached to an aromatic ring is 1. The van der Waals surface area contributed by atoms with Crippen molar-refractivity contribution in [2.75, 3.05) is 5.73 Å². The van der Waals surface area contributed by atoms with E-state index in [-0.39, 0.29) is 0 Å². The Kier molecular flexibility index (Phi) is 2.43. The molecule has 0 aliphatic carbocycles. The summed E-state index contributed by atoms with van der Waals surface area (Å²) in [5.41, 5.74) is 9.12. The van der Waals surface area contributed by atoms with Crippen LogP contribution in [0.5, 0.6) is 0 Å². The van der Waals surface area contributed by atoms with Gasteiger partial charge >= 0.3 is 0 Å². The van der Waals surface area contributed by atoms with E-state index < -0.39 is 0 Å². The van der Waals surface area contributed by atoms with Crippen LogP contribution in [0.25, 0.3) is 28.0 Å². The minimum Gasteiger partial charge on any atom is -0.399 e. The normalized spacial score (nSPS) is 11.0. The Morgan fingerprint density at radius 1 is 1.14 bits per heavy atom. The Morgan fingerprint density at radius 2 is 2.10 bits per heavy atom. The Balaban J connectivity index is 1.76. The molecule has 102 valence electrons. The van der Waals surface area contributed by atoms with Crippen molar-refractivity contribution in [3.05, 3.63) is 48.9 Å². The fourth-order valence-electron chi connectivity index (χ4n) is 2.17. The number of anilines is 1. The van der Waals surface area contributed by atoms with Crippen LogP contribution < -0.4 is 5.73 Å². The van der Waals surface area contributed by atoms with Gasteiger partial charge in [0.1, 0.15) is 5.69 Å². The van der Waals surface area contributed by atoms with Crippen LogP contribution in [0.2, 0.25) is 0 Å². The molecule has 3 heterocycles. The average molecular weight is 277 g/mol. The molecule has 0 aliphatic rings. The van der Waals surface area contributed by atoms with Crippen molar-refractivity contribution < 1.29 is 0 Å². The molecule has 0 bridgehead atoms. The van der Waals surface area contributed by atoms with Gasteiger partial charge in [-0.25, -0.2) is 9.67 Å². The van der Waals surface area contributed by atoms with Gasteiger partial charge in [0.25, 0.3) is 0 Å². The molecular weight excluding hydrogens is 266 g/mol. The van der Waals surface area contributed by atoms with Crippen molar-refractivity contribution in [3.63, 3.8) is 0 Å². The number of aromatic amines is 1. The van der Waals surface area contributed by atoms with E-state index in [2.05, 4.69) is 25.5 Å². The van der Waals surface area contributed by atoms with Crippen molar-refractivity contribution >= 4 is 16.6 Å². The number of nitrogens with one attached hydrogen (secondary N) is 1. The van der Waals surface area contributed by atoms with Gasteiger partial charge in [-0.3, -0.25) is 5.10 Å². The third-order valence-corrected chi connectivity index (χ3v) is 3.23. The molecule has 0 fully saturated rings. The van der Waals surface area contributed by atoms with Gasteiger partial charge in [0.05, 0.1) is 17.9 Å². The van der Waals surface area contributed by atoms with Crippen LogP contribution in [0.4, 0.5) is 5.69 Å². The van der Waals surface area contributed by atoms with E-state index in [1.807, 2.05) is 24.4 Å². The van der Waals surface area contributed by atoms with E-state index in [9.17, 15) is 0 Å². The van der Waals surface area contributed by atoms with Gasteiger partial charge in [0.2, 0.25) is 0 Å². The Hall–Kier alpha value is -3.22. The zero-order valence-corrected chi connectivity index (χ0v) is 10.9. The maximum absolute atomic E-state index is 5.75. The summed E-state index contributed by atoms with van der Waals surface area (Å²) in [5.74, 6) is 0.637. The largest absolute Gasteiger partial charge is 0.399 e. The Bertz CT molecular complexity index is 922. The molecule has 0 amide bonds. The monoisotopic (exact) mass is 277 g/mol. The molecule has 0 spiro atoms. The second-order valence-corrected chi connectivity index (χ2v) is 4.67. The molecular formula is C14H11N7. The predicted molar refractivity (Wildman–Crippen MR) is 78.7 cm³/mol. The second kappa shape index (κ2) is 4.41. The fraction of sp³-hybridized carbons (Fsp3) is 0. The van der Waals surface area contributed by atoms with Gasteiger partial charge in [0, 0.05) is 28.9 Å². The van der Waals surface area contributed by atoms with Crippen LogP contribution in [0.15, 0.2) is 48.9 Å². The summed E-state index contributed by atoms with van der Waals surface area (Å²) in [4.78, 5) is 4.22. The molecule has 7 heteroatoms. The van der Waals surface area contributed by atoms with Gasteiger partial charge < -0.3 is 5.73 Å². The smallest absolute Gasteiger partial charge is 0.157 e. The summed E-state index contributed by atoms with van der Waals surface area (Å²) in [6.45, 7) is 0. The van der Waals surface area contributed by atoms with Crippen molar-refractivity contribution in [3.8, 4) is 17.1 Å². The molecule has 0 unspecified atom stereocenters. The highest BCUT2D eigenvalue weighted by atomic mass is 15.4. The third-order valence-electron chi connectivity index (χ3n) is 3.23. The summed E-state index contributed by atoms with van der Waals surface area (Å²) in [7, 11) is 0. The van der Waals surface area contributed by atoms with E-state index in [4.69, 9.17) is 5.73 Å². The van der Waals surface area contributed by atoms with Gasteiger partial charge in [-0.05, 0) is 18.2 Å². The molecule has 0 aliphatic heterocycles. The SMILES string of the molecule is Nc1ccnc(-n2cc(-c3ccc4[nH]ncc4c3)nn2)c1. The number of nitrogens with two attached hydrogens (primary N) is 1. The quantitative estimate of drug-likeness (QED) is 0.582. The van der Waals surface area contributed by atoms with Gasteiger partial charge in [-0.1, -0.05) is 11.3 Å². The summed E-state index contributed by atoms with van der Waals surface area (Å²) in [5, 5.41) is 16.2. The molecule has 21 heavy (non-hydrogen) atoms. The number of hydrogen-bond donors (Lipinski definition) is 2. The van der Waals surface area contributed by atoms with E-state index >= 15 is 0 Å². The predicted octanol–water partition coefficient (Wildman–Crippen LogP) is 1.79. The number of aromatic nitrogens is 6. The Labute approximate surface area is 119 Å². The molecule has 7 nitrogen and oxygen atoms in total. The van der Waals surface area contributed by atoms with Crippen molar-refractivity contribution in [1.29, 1.82) is 0 Å². The molecule has 3 N–H and O–H groups in total. The maximum atomic E-state index is 5.75. The van der Waals surface area contributed by atoms with E-state index in [0.29, 0.717) is 11.5 Å². The molecule has 0 saturated carbocycles. The number of pyridine rings is 1. The highest BCUT2D eigenvalue weighted by Crippen LogP contribution is 2.22. The zero-order chi connectivity index (χ0) is 14.2. The molecule has 4 aromatic rings. The molecule has 1 aromatic carbocycles. The van der Waals surface area contributed by atoms with Crippen LogP contribution in [-0.2, 0) is 0 Å². The first-order valence-electron chi connectivity index (χ1n) is 6.37. The zero-order valence-electron chi connectivity index (χ0n) is 10.9. The first kappa shape index (κ1) is 11.6. The van der Waals surface area contributed by atoms with Crippen LogP contribution in [0.3, 0.4) is 0 Å². The summed E-state index contributed by atoms with van der Waals surface area (Å²) in [6.07, 6.45) is 5.25. The van der Waals surface area contributed by atoms with Crippen molar-refractivity contribution in [2.24, 2.45) is 0 Å². The first-order chi connectivity index (χ1) is 10.3. The summed E-state index contributed by atoms with van der Waals surface area (Å²) < 4.78 is 1.60. The van der Waals surface area contributed by atoms with Crippen LogP contribution >= 0.6 is 0 Å². The molecule has 0 radical (unpaired) electrons. The minimum atomic E-state index is 0.636. The van der Waals surface area contributed by atoms with Crippen LogP contribution in [-0.4, -0.2) is 30.2 Å². The summed E-state index contributed by atoms with van der Waals surface area (Å²) >= 11 is 0. The lowest BCUT2D eigenvalue weighted by Crippen LogP contribution is -1.99. The number of hydrogen-bond acceptors (Lipinski definition) is 5. The lowest BCUT2D eigenvalue weighted by Gasteiger charge is -1.99. The third kappa shape index (κ3) is 2.00. The topological polar surface area (TPSA) is 98.3 Å². The highest BCUT2D eigenvalue weighted by Gasteiger charge is 2.07. The number of rotatable bonds is 2. The average Bonchev–Trinajstić information content (AvgIpc) is 3.15. The van der Waals surface area contributed by atoms with Crippen molar-refractivity contribution in [1.82, 2.24) is 30.2 Å². The lowest BCUT2D eigenvalue weighted by molar-refractivity contribution is 0.782. The van der Waals surface area contributed by atoms with E-state index in [1.165, 1.54) is 0 Å². The molecule has 4 rings (SSSR count). The number of fused-ring (bicyclic) bond motifs is 1. The molecule has 0 atom stereocenters. The molecule has 0 saturated heterocycles. The number of nitrogens with zero attached hydrogens (tertiary/aromatic N) is 5. The maximum Gasteiger partial charge on any atom is 0.157 e. The van der Waals surface area contributed by atoms with Crippen LogP contribution in [0, 0.1) is 0 Å².